The van der Waals surface area contributed by atoms with Crippen LogP contribution in [0.3, 0.4) is 0 Å². The van der Waals surface area contributed by atoms with Gasteiger partial charge in [0.05, 0.1) is 5.75 Å². The molecule has 0 bridgehead atoms. The summed E-state index contributed by atoms with van der Waals surface area (Å²) in [7, 11) is 0. The number of hydrogen-bond acceptors (Lipinski definition) is 4. The molecule has 0 spiro atoms. The third-order valence-corrected chi connectivity index (χ3v) is 5.20. The highest BCUT2D eigenvalue weighted by Gasteiger charge is 2.21. The average Bonchev–Trinajstić information content (AvgIpc) is 2.93. The Hall–Kier alpha value is -1.96. The van der Waals surface area contributed by atoms with Gasteiger partial charge in [0.15, 0.2) is 5.16 Å². The number of nitrogens with one attached hydrogen (secondary N) is 1. The molecule has 1 aromatic heterocycles. The van der Waals surface area contributed by atoms with E-state index in [0.717, 1.165) is 36.9 Å². The van der Waals surface area contributed by atoms with Crippen LogP contribution in [0.25, 0.3) is 0 Å². The first-order valence-corrected chi connectivity index (χ1v) is 9.32. The molecule has 8 heteroatoms. The van der Waals surface area contributed by atoms with Crippen molar-refractivity contribution in [1.82, 2.24) is 14.8 Å². The molecule has 134 valence electrons. The Morgan fingerprint density at radius 2 is 1.88 bits per heavy atom. The molecule has 0 saturated heterocycles. The van der Waals surface area contributed by atoms with E-state index in [0.29, 0.717) is 11.2 Å². The molecular formula is C17H20F2N4OS. The van der Waals surface area contributed by atoms with Gasteiger partial charge in [0.2, 0.25) is 5.91 Å². The second-order valence-corrected chi connectivity index (χ2v) is 7.13. The van der Waals surface area contributed by atoms with Crippen LogP contribution < -0.4 is 5.32 Å². The molecule has 1 aliphatic carbocycles. The minimum atomic E-state index is -0.726. The fourth-order valence-electron chi connectivity index (χ4n) is 3.16. The highest BCUT2D eigenvalue weighted by atomic mass is 32.2. The summed E-state index contributed by atoms with van der Waals surface area (Å²) < 4.78 is 28.5. The summed E-state index contributed by atoms with van der Waals surface area (Å²) in [6.07, 6.45) is 5.84. The van der Waals surface area contributed by atoms with Gasteiger partial charge in [0, 0.05) is 17.8 Å². The number of anilines is 1. The number of halogens is 2. The molecule has 0 unspecified atom stereocenters. The number of rotatable bonds is 5. The Labute approximate surface area is 149 Å². The molecule has 3 rings (SSSR count). The summed E-state index contributed by atoms with van der Waals surface area (Å²) in [5.74, 6) is -0.845. The molecule has 0 radical (unpaired) electrons. The lowest BCUT2D eigenvalue weighted by Crippen LogP contribution is -2.17. The first kappa shape index (κ1) is 17.8. The quantitative estimate of drug-likeness (QED) is 0.810. The van der Waals surface area contributed by atoms with Crippen molar-refractivity contribution in [3.8, 4) is 0 Å². The van der Waals surface area contributed by atoms with Gasteiger partial charge >= 0.3 is 0 Å². The second-order valence-electron chi connectivity index (χ2n) is 6.19. The van der Waals surface area contributed by atoms with E-state index in [1.807, 2.05) is 6.92 Å². The summed E-state index contributed by atoms with van der Waals surface area (Å²) in [6.45, 7) is 1.92. The number of carbonyl (C=O) groups excluding carboxylic acids is 1. The van der Waals surface area contributed by atoms with E-state index in [4.69, 9.17) is 0 Å². The van der Waals surface area contributed by atoms with Crippen LogP contribution in [0.5, 0.6) is 0 Å². The molecular weight excluding hydrogens is 346 g/mol. The van der Waals surface area contributed by atoms with Crippen LogP contribution in [0.2, 0.25) is 0 Å². The van der Waals surface area contributed by atoms with Crippen LogP contribution in [0.4, 0.5) is 14.5 Å². The summed E-state index contributed by atoms with van der Waals surface area (Å²) in [5, 5.41) is 11.5. The standard InChI is InChI=1S/C17H20F2N4OS/c1-11-21-22-17(23(11)15-5-3-2-4-6-15)25-10-16(24)20-14-8-12(18)7-13(19)9-14/h7-9,15H,2-6,10H2,1H3,(H,20,24). The Kier molecular flexibility index (Phi) is 5.67. The molecule has 5 nitrogen and oxygen atoms in total. The van der Waals surface area contributed by atoms with Crippen molar-refractivity contribution in [2.24, 2.45) is 0 Å². The Bertz CT molecular complexity index is 739. The lowest BCUT2D eigenvalue weighted by Gasteiger charge is -2.24. The predicted molar refractivity (Wildman–Crippen MR) is 92.6 cm³/mol. The lowest BCUT2D eigenvalue weighted by molar-refractivity contribution is -0.113. The third kappa shape index (κ3) is 4.56. The smallest absolute Gasteiger partial charge is 0.234 e. The molecule has 0 aliphatic heterocycles. The second kappa shape index (κ2) is 7.95. The highest BCUT2D eigenvalue weighted by molar-refractivity contribution is 7.99. The maximum atomic E-state index is 13.2. The SMILES string of the molecule is Cc1nnc(SCC(=O)Nc2cc(F)cc(F)c2)n1C1CCCCC1. The number of thioether (sulfide) groups is 1. The summed E-state index contributed by atoms with van der Waals surface area (Å²) in [5.41, 5.74) is 0.105. The molecule has 25 heavy (non-hydrogen) atoms. The maximum Gasteiger partial charge on any atom is 0.234 e. The fourth-order valence-corrected chi connectivity index (χ4v) is 4.01. The molecule has 2 aromatic rings. The van der Waals surface area contributed by atoms with Gasteiger partial charge in [0.1, 0.15) is 17.5 Å². The van der Waals surface area contributed by atoms with Gasteiger partial charge in [-0.05, 0) is 31.9 Å². The van der Waals surface area contributed by atoms with Gasteiger partial charge in [-0.1, -0.05) is 31.0 Å². The van der Waals surface area contributed by atoms with E-state index >= 15 is 0 Å². The molecule has 0 atom stereocenters. The number of amides is 1. The lowest BCUT2D eigenvalue weighted by atomic mass is 9.95. The monoisotopic (exact) mass is 366 g/mol. The minimum absolute atomic E-state index is 0.100. The van der Waals surface area contributed by atoms with Crippen LogP contribution in [0.15, 0.2) is 23.4 Å². The number of hydrogen-bond donors (Lipinski definition) is 1. The molecule has 1 fully saturated rings. The van der Waals surface area contributed by atoms with Crippen molar-refractivity contribution < 1.29 is 13.6 Å². The van der Waals surface area contributed by atoms with E-state index in [2.05, 4.69) is 20.1 Å². The predicted octanol–water partition coefficient (Wildman–Crippen LogP) is 4.10. The Balaban J connectivity index is 1.62. The normalized spacial score (nSPS) is 15.3. The zero-order chi connectivity index (χ0) is 17.8. The van der Waals surface area contributed by atoms with Gasteiger partial charge < -0.3 is 9.88 Å². The van der Waals surface area contributed by atoms with Crippen molar-refractivity contribution in [3.63, 3.8) is 0 Å². The number of benzene rings is 1. The number of carbonyl (C=O) groups is 1. The van der Waals surface area contributed by atoms with Gasteiger partial charge in [-0.2, -0.15) is 0 Å². The molecule has 1 heterocycles. The van der Waals surface area contributed by atoms with Crippen LogP contribution >= 0.6 is 11.8 Å². The fraction of sp³-hybridized carbons (Fsp3) is 0.471. The average molecular weight is 366 g/mol. The van der Waals surface area contributed by atoms with Crippen molar-refractivity contribution >= 4 is 23.4 Å². The van der Waals surface area contributed by atoms with Gasteiger partial charge in [-0.3, -0.25) is 4.79 Å². The summed E-state index contributed by atoms with van der Waals surface area (Å²) in [4.78, 5) is 12.1. The largest absolute Gasteiger partial charge is 0.325 e. The van der Waals surface area contributed by atoms with Gasteiger partial charge in [-0.25, -0.2) is 8.78 Å². The number of nitrogens with zero attached hydrogens (tertiary/aromatic N) is 3. The number of aromatic nitrogens is 3. The maximum absolute atomic E-state index is 13.2. The number of aryl methyl sites for hydroxylation is 1. The zero-order valence-corrected chi connectivity index (χ0v) is 14.8. The van der Waals surface area contributed by atoms with Crippen molar-refractivity contribution in [2.45, 2.75) is 50.2 Å². The first-order valence-electron chi connectivity index (χ1n) is 8.33. The third-order valence-electron chi connectivity index (χ3n) is 4.25. The van der Waals surface area contributed by atoms with E-state index < -0.39 is 11.6 Å². The summed E-state index contributed by atoms with van der Waals surface area (Å²) in [6, 6.07) is 3.31. The van der Waals surface area contributed by atoms with Crippen LogP contribution in [0, 0.1) is 18.6 Å². The molecule has 1 aliphatic rings. The van der Waals surface area contributed by atoms with Gasteiger partial charge in [-0.15, -0.1) is 10.2 Å². The van der Waals surface area contributed by atoms with Crippen molar-refractivity contribution in [3.05, 3.63) is 35.7 Å². The van der Waals surface area contributed by atoms with Crippen LogP contribution in [-0.4, -0.2) is 26.4 Å². The van der Waals surface area contributed by atoms with E-state index in [1.165, 1.54) is 31.0 Å². The van der Waals surface area contributed by atoms with Crippen LogP contribution in [0.1, 0.15) is 44.0 Å². The summed E-state index contributed by atoms with van der Waals surface area (Å²) >= 11 is 1.29. The van der Waals surface area contributed by atoms with E-state index in [9.17, 15) is 13.6 Å². The Morgan fingerprint density at radius 3 is 2.56 bits per heavy atom. The molecule has 1 N–H and O–H groups in total. The van der Waals surface area contributed by atoms with Crippen molar-refractivity contribution in [1.29, 1.82) is 0 Å². The first-order chi connectivity index (χ1) is 12.0. The topological polar surface area (TPSA) is 59.8 Å². The van der Waals surface area contributed by atoms with E-state index in [-0.39, 0.29) is 17.3 Å². The molecule has 1 saturated carbocycles. The van der Waals surface area contributed by atoms with Gasteiger partial charge in [0.25, 0.3) is 0 Å². The van der Waals surface area contributed by atoms with Crippen LogP contribution in [-0.2, 0) is 4.79 Å². The Morgan fingerprint density at radius 1 is 1.20 bits per heavy atom. The molecule has 1 aromatic carbocycles. The minimum Gasteiger partial charge on any atom is -0.325 e. The van der Waals surface area contributed by atoms with E-state index in [1.54, 1.807) is 0 Å². The highest BCUT2D eigenvalue weighted by Crippen LogP contribution is 2.32. The molecule has 1 amide bonds. The zero-order valence-electron chi connectivity index (χ0n) is 14.0. The van der Waals surface area contributed by atoms with Crippen molar-refractivity contribution in [2.75, 3.05) is 11.1 Å².